The molecule has 6 heteroatoms. The summed E-state index contributed by atoms with van der Waals surface area (Å²) in [5, 5.41) is 6.88. The smallest absolute Gasteiger partial charge is 0.254 e. The summed E-state index contributed by atoms with van der Waals surface area (Å²) >= 11 is 3.49. The van der Waals surface area contributed by atoms with E-state index in [1.165, 1.54) is 5.56 Å². The standard InChI is InChI=1S/C14H14BrN3O2/c1-18-8-11(7-17-18)14(19)16-6-10-5-12(15)4-9-2-3-20-13(9)10/h4-5,7-8H,2-3,6H2,1H3,(H,16,19). The summed E-state index contributed by atoms with van der Waals surface area (Å²) < 4.78 is 8.25. The Labute approximate surface area is 125 Å². The minimum atomic E-state index is -0.134. The van der Waals surface area contributed by atoms with E-state index in [9.17, 15) is 4.79 Å². The number of nitrogens with one attached hydrogen (secondary N) is 1. The van der Waals surface area contributed by atoms with Crippen molar-refractivity contribution in [3.05, 3.63) is 45.7 Å². The van der Waals surface area contributed by atoms with Crippen molar-refractivity contribution in [1.29, 1.82) is 0 Å². The average molecular weight is 336 g/mol. The van der Waals surface area contributed by atoms with Crippen LogP contribution in [0.4, 0.5) is 0 Å². The van der Waals surface area contributed by atoms with Gasteiger partial charge in [0, 0.05) is 36.2 Å². The molecule has 0 atom stereocenters. The maximum Gasteiger partial charge on any atom is 0.254 e. The van der Waals surface area contributed by atoms with E-state index in [0.717, 1.165) is 22.2 Å². The van der Waals surface area contributed by atoms with Crippen LogP contribution in [0.1, 0.15) is 21.5 Å². The van der Waals surface area contributed by atoms with E-state index >= 15 is 0 Å². The molecule has 1 aliphatic rings. The molecule has 1 aromatic carbocycles. The fourth-order valence-corrected chi connectivity index (χ4v) is 2.85. The van der Waals surface area contributed by atoms with E-state index in [4.69, 9.17) is 4.74 Å². The molecule has 2 aromatic rings. The van der Waals surface area contributed by atoms with Crippen LogP contribution >= 0.6 is 15.9 Å². The van der Waals surface area contributed by atoms with Gasteiger partial charge in [-0.15, -0.1) is 0 Å². The molecule has 0 fully saturated rings. The van der Waals surface area contributed by atoms with E-state index in [1.807, 2.05) is 6.07 Å². The first-order valence-electron chi connectivity index (χ1n) is 6.34. The lowest BCUT2D eigenvalue weighted by Crippen LogP contribution is -2.22. The van der Waals surface area contributed by atoms with Crippen LogP contribution in [0.25, 0.3) is 0 Å². The molecule has 20 heavy (non-hydrogen) atoms. The number of amides is 1. The molecule has 0 saturated carbocycles. The maximum absolute atomic E-state index is 12.0. The Morgan fingerprint density at radius 1 is 1.55 bits per heavy atom. The number of nitrogens with zero attached hydrogens (tertiary/aromatic N) is 2. The molecule has 1 aliphatic heterocycles. The molecule has 1 N–H and O–H groups in total. The van der Waals surface area contributed by atoms with Crippen LogP contribution < -0.4 is 10.1 Å². The molecule has 0 saturated heterocycles. The molecule has 0 aliphatic carbocycles. The van der Waals surface area contributed by atoms with Crippen LogP contribution in [0.2, 0.25) is 0 Å². The van der Waals surface area contributed by atoms with E-state index < -0.39 is 0 Å². The number of hydrogen-bond donors (Lipinski definition) is 1. The Morgan fingerprint density at radius 2 is 2.40 bits per heavy atom. The van der Waals surface area contributed by atoms with Crippen LogP contribution in [-0.4, -0.2) is 22.3 Å². The van der Waals surface area contributed by atoms with Gasteiger partial charge in [0.2, 0.25) is 0 Å². The van der Waals surface area contributed by atoms with Crippen molar-refractivity contribution >= 4 is 21.8 Å². The Morgan fingerprint density at radius 3 is 3.15 bits per heavy atom. The molecule has 0 radical (unpaired) electrons. The first kappa shape index (κ1) is 13.2. The summed E-state index contributed by atoms with van der Waals surface area (Å²) in [6, 6.07) is 4.04. The molecule has 5 nitrogen and oxygen atoms in total. The lowest BCUT2D eigenvalue weighted by molar-refractivity contribution is 0.0950. The van der Waals surface area contributed by atoms with Crippen molar-refractivity contribution < 1.29 is 9.53 Å². The highest BCUT2D eigenvalue weighted by Crippen LogP contribution is 2.32. The Hall–Kier alpha value is -1.82. The summed E-state index contributed by atoms with van der Waals surface area (Å²) in [5.74, 6) is 0.768. The molecule has 0 unspecified atom stereocenters. The second-order valence-electron chi connectivity index (χ2n) is 4.74. The SMILES string of the molecule is Cn1cc(C(=O)NCc2cc(Br)cc3c2OCC3)cn1. The molecular weight excluding hydrogens is 322 g/mol. The average Bonchev–Trinajstić information content (AvgIpc) is 3.03. The van der Waals surface area contributed by atoms with Gasteiger partial charge in [-0.25, -0.2) is 0 Å². The van der Waals surface area contributed by atoms with E-state index in [0.29, 0.717) is 18.7 Å². The zero-order valence-corrected chi connectivity index (χ0v) is 12.6. The minimum Gasteiger partial charge on any atom is -0.493 e. The molecule has 0 spiro atoms. The molecule has 2 heterocycles. The third-order valence-electron chi connectivity index (χ3n) is 3.23. The normalized spacial score (nSPS) is 12.9. The predicted octanol–water partition coefficient (Wildman–Crippen LogP) is 2.05. The summed E-state index contributed by atoms with van der Waals surface area (Å²) in [5.41, 5.74) is 2.73. The van der Waals surface area contributed by atoms with Crippen molar-refractivity contribution in [3.8, 4) is 5.75 Å². The van der Waals surface area contributed by atoms with Gasteiger partial charge in [0.1, 0.15) is 5.75 Å². The number of halogens is 1. The lowest BCUT2D eigenvalue weighted by atomic mass is 10.1. The van der Waals surface area contributed by atoms with Crippen molar-refractivity contribution in [1.82, 2.24) is 15.1 Å². The second kappa shape index (κ2) is 5.28. The molecular formula is C14H14BrN3O2. The Bertz CT molecular complexity index is 666. The number of carbonyl (C=O) groups excluding carboxylic acids is 1. The Kier molecular flexibility index (Phi) is 3.48. The Balaban J connectivity index is 1.74. The second-order valence-corrected chi connectivity index (χ2v) is 5.65. The third kappa shape index (κ3) is 2.56. The fourth-order valence-electron chi connectivity index (χ4n) is 2.29. The highest BCUT2D eigenvalue weighted by molar-refractivity contribution is 9.10. The summed E-state index contributed by atoms with van der Waals surface area (Å²) in [7, 11) is 1.78. The molecule has 0 bridgehead atoms. The highest BCUT2D eigenvalue weighted by Gasteiger charge is 2.18. The zero-order chi connectivity index (χ0) is 14.1. The quantitative estimate of drug-likeness (QED) is 0.933. The number of fused-ring (bicyclic) bond motifs is 1. The molecule has 1 aromatic heterocycles. The largest absolute Gasteiger partial charge is 0.493 e. The predicted molar refractivity (Wildman–Crippen MR) is 77.7 cm³/mol. The van der Waals surface area contributed by atoms with Gasteiger partial charge >= 0.3 is 0 Å². The van der Waals surface area contributed by atoms with Gasteiger partial charge in [-0.1, -0.05) is 15.9 Å². The van der Waals surface area contributed by atoms with Crippen molar-refractivity contribution in [2.24, 2.45) is 7.05 Å². The van der Waals surface area contributed by atoms with Gasteiger partial charge in [-0.2, -0.15) is 5.10 Å². The van der Waals surface area contributed by atoms with E-state index in [1.54, 1.807) is 24.1 Å². The van der Waals surface area contributed by atoms with Crippen LogP contribution in [-0.2, 0) is 20.0 Å². The van der Waals surface area contributed by atoms with Crippen LogP contribution in [0.3, 0.4) is 0 Å². The maximum atomic E-state index is 12.0. The first-order chi connectivity index (χ1) is 9.63. The number of benzene rings is 1. The number of rotatable bonds is 3. The zero-order valence-electron chi connectivity index (χ0n) is 11.0. The van der Waals surface area contributed by atoms with Gasteiger partial charge in [0.25, 0.3) is 5.91 Å². The van der Waals surface area contributed by atoms with Crippen LogP contribution in [0, 0.1) is 0 Å². The third-order valence-corrected chi connectivity index (χ3v) is 3.69. The number of aromatic nitrogens is 2. The summed E-state index contributed by atoms with van der Waals surface area (Å²) in [6.07, 6.45) is 4.16. The summed E-state index contributed by atoms with van der Waals surface area (Å²) in [6.45, 7) is 1.14. The van der Waals surface area contributed by atoms with Gasteiger partial charge in [0.15, 0.2) is 0 Å². The lowest BCUT2D eigenvalue weighted by Gasteiger charge is -2.10. The fraction of sp³-hybridized carbons (Fsp3) is 0.286. The minimum absolute atomic E-state index is 0.134. The number of ether oxygens (including phenoxy) is 1. The van der Waals surface area contributed by atoms with Gasteiger partial charge in [-0.3, -0.25) is 9.48 Å². The van der Waals surface area contributed by atoms with Gasteiger partial charge < -0.3 is 10.1 Å². The van der Waals surface area contributed by atoms with Crippen LogP contribution in [0.5, 0.6) is 5.75 Å². The van der Waals surface area contributed by atoms with Crippen LogP contribution in [0.15, 0.2) is 29.0 Å². The highest BCUT2D eigenvalue weighted by atomic mass is 79.9. The van der Waals surface area contributed by atoms with Gasteiger partial charge in [0.05, 0.1) is 18.4 Å². The van der Waals surface area contributed by atoms with E-state index in [2.05, 4.69) is 32.4 Å². The number of carbonyl (C=O) groups is 1. The molecule has 1 amide bonds. The van der Waals surface area contributed by atoms with Crippen molar-refractivity contribution in [2.75, 3.05) is 6.61 Å². The molecule has 3 rings (SSSR count). The number of aryl methyl sites for hydroxylation is 1. The molecule has 104 valence electrons. The van der Waals surface area contributed by atoms with E-state index in [-0.39, 0.29) is 5.91 Å². The number of hydrogen-bond acceptors (Lipinski definition) is 3. The topological polar surface area (TPSA) is 56.2 Å². The first-order valence-corrected chi connectivity index (χ1v) is 7.14. The van der Waals surface area contributed by atoms with Crippen molar-refractivity contribution in [2.45, 2.75) is 13.0 Å². The van der Waals surface area contributed by atoms with Crippen molar-refractivity contribution in [3.63, 3.8) is 0 Å². The summed E-state index contributed by atoms with van der Waals surface area (Å²) in [4.78, 5) is 12.0. The monoisotopic (exact) mass is 335 g/mol. The van der Waals surface area contributed by atoms with Gasteiger partial charge in [-0.05, 0) is 17.7 Å².